The van der Waals surface area contributed by atoms with Crippen molar-refractivity contribution >= 4 is 41.1 Å². The van der Waals surface area contributed by atoms with Crippen LogP contribution in [-0.4, -0.2) is 20.9 Å². The number of esters is 1. The van der Waals surface area contributed by atoms with Crippen molar-refractivity contribution in [2.24, 2.45) is 0 Å². The molecule has 1 aromatic carbocycles. The average molecular weight is 314 g/mol. The zero-order valence-corrected chi connectivity index (χ0v) is 11.5. The number of ether oxygens (including phenoxy) is 1. The highest BCUT2D eigenvalue weighted by molar-refractivity contribution is 6.35. The number of aromatic nitrogens is 3. The lowest BCUT2D eigenvalue weighted by Gasteiger charge is -2.05. The molecule has 2 rings (SSSR count). The number of anilines is 2. The number of rotatable bonds is 3. The van der Waals surface area contributed by atoms with Gasteiger partial charge in [-0.05, 0) is 18.2 Å². The van der Waals surface area contributed by atoms with E-state index < -0.39 is 5.97 Å². The normalized spacial score (nSPS) is 10.3. The minimum atomic E-state index is -0.619. The molecule has 1 aromatic heterocycles. The van der Waals surface area contributed by atoms with Crippen molar-refractivity contribution in [2.75, 3.05) is 11.5 Å². The summed E-state index contributed by atoms with van der Waals surface area (Å²) >= 11 is 11.6. The van der Waals surface area contributed by atoms with Crippen LogP contribution in [0.5, 0.6) is 0 Å². The van der Waals surface area contributed by atoms with Crippen molar-refractivity contribution in [3.8, 4) is 0 Å². The van der Waals surface area contributed by atoms with Gasteiger partial charge in [0.15, 0.2) is 12.4 Å². The van der Waals surface area contributed by atoms with Gasteiger partial charge in [0.05, 0.1) is 5.56 Å². The molecule has 7 nitrogen and oxygen atoms in total. The molecule has 20 heavy (non-hydrogen) atoms. The van der Waals surface area contributed by atoms with Gasteiger partial charge in [-0.2, -0.15) is 15.0 Å². The first kappa shape index (κ1) is 14.3. The molecule has 0 aliphatic carbocycles. The van der Waals surface area contributed by atoms with Crippen LogP contribution in [-0.2, 0) is 11.3 Å². The maximum atomic E-state index is 11.8. The van der Waals surface area contributed by atoms with Gasteiger partial charge in [0, 0.05) is 10.0 Å². The lowest BCUT2D eigenvalue weighted by Crippen LogP contribution is -2.11. The fourth-order valence-electron chi connectivity index (χ4n) is 1.41. The van der Waals surface area contributed by atoms with Crippen LogP contribution in [0.1, 0.15) is 16.2 Å². The zero-order chi connectivity index (χ0) is 14.7. The van der Waals surface area contributed by atoms with E-state index in [4.69, 9.17) is 39.4 Å². The summed E-state index contributed by atoms with van der Waals surface area (Å²) < 4.78 is 5.01. The van der Waals surface area contributed by atoms with Gasteiger partial charge in [-0.1, -0.05) is 23.2 Å². The molecule has 0 fully saturated rings. The second-order valence-corrected chi connectivity index (χ2v) is 4.58. The summed E-state index contributed by atoms with van der Waals surface area (Å²) in [5, 5.41) is 0.663. The van der Waals surface area contributed by atoms with Crippen molar-refractivity contribution < 1.29 is 9.53 Å². The number of nitrogens with zero attached hydrogens (tertiary/aromatic N) is 3. The van der Waals surface area contributed by atoms with E-state index in [1.165, 1.54) is 18.2 Å². The third-order valence-corrected chi connectivity index (χ3v) is 2.58. The highest BCUT2D eigenvalue weighted by Gasteiger charge is 2.11. The maximum Gasteiger partial charge on any atom is 0.338 e. The van der Waals surface area contributed by atoms with E-state index in [0.717, 1.165) is 0 Å². The molecule has 0 spiro atoms. The predicted molar refractivity (Wildman–Crippen MR) is 74.2 cm³/mol. The number of carbonyl (C=O) groups excluding carboxylic acids is 1. The minimum Gasteiger partial charge on any atom is -0.454 e. The number of nitrogen functional groups attached to an aromatic ring is 2. The first-order chi connectivity index (χ1) is 9.44. The van der Waals surface area contributed by atoms with Crippen LogP contribution >= 0.6 is 23.2 Å². The van der Waals surface area contributed by atoms with E-state index in [1.54, 1.807) is 0 Å². The van der Waals surface area contributed by atoms with Crippen molar-refractivity contribution in [3.63, 3.8) is 0 Å². The Balaban J connectivity index is 2.08. The molecule has 0 saturated carbocycles. The topological polar surface area (TPSA) is 117 Å². The molecule has 0 aliphatic rings. The molecule has 4 N–H and O–H groups in total. The molecule has 104 valence electrons. The summed E-state index contributed by atoms with van der Waals surface area (Å²) in [6, 6.07) is 4.38. The van der Waals surface area contributed by atoms with Crippen LogP contribution in [0.4, 0.5) is 11.9 Å². The lowest BCUT2D eigenvalue weighted by molar-refractivity contribution is 0.0462. The van der Waals surface area contributed by atoms with E-state index in [0.29, 0.717) is 10.0 Å². The van der Waals surface area contributed by atoms with E-state index in [-0.39, 0.29) is 29.9 Å². The minimum absolute atomic E-state index is 0.0469. The summed E-state index contributed by atoms with van der Waals surface area (Å²) in [4.78, 5) is 23.0. The Labute approximate surface area is 123 Å². The van der Waals surface area contributed by atoms with E-state index in [1.807, 2.05) is 0 Å². The van der Waals surface area contributed by atoms with Gasteiger partial charge < -0.3 is 16.2 Å². The highest BCUT2D eigenvalue weighted by atomic mass is 35.5. The first-order valence-electron chi connectivity index (χ1n) is 5.33. The largest absolute Gasteiger partial charge is 0.454 e. The fourth-order valence-corrected chi connectivity index (χ4v) is 1.93. The van der Waals surface area contributed by atoms with Crippen LogP contribution < -0.4 is 11.5 Å². The molecule has 9 heteroatoms. The first-order valence-corrected chi connectivity index (χ1v) is 6.09. The van der Waals surface area contributed by atoms with Crippen LogP contribution in [0.15, 0.2) is 18.2 Å². The summed E-state index contributed by atoms with van der Waals surface area (Å²) in [5.41, 5.74) is 11.0. The van der Waals surface area contributed by atoms with Crippen molar-refractivity contribution in [2.45, 2.75) is 6.61 Å². The van der Waals surface area contributed by atoms with Crippen LogP contribution in [0.25, 0.3) is 0 Å². The summed E-state index contributed by atoms with van der Waals surface area (Å²) in [5.74, 6) is -0.563. The molecule has 0 bridgehead atoms. The molecule has 0 atom stereocenters. The molecular formula is C11H9Cl2N5O2. The van der Waals surface area contributed by atoms with Crippen molar-refractivity contribution in [3.05, 3.63) is 39.6 Å². The van der Waals surface area contributed by atoms with Gasteiger partial charge in [-0.3, -0.25) is 0 Å². The van der Waals surface area contributed by atoms with E-state index in [2.05, 4.69) is 15.0 Å². The van der Waals surface area contributed by atoms with Crippen molar-refractivity contribution in [1.29, 1.82) is 0 Å². The van der Waals surface area contributed by atoms with Crippen molar-refractivity contribution in [1.82, 2.24) is 15.0 Å². The molecule has 0 aliphatic heterocycles. The summed E-state index contributed by atoms with van der Waals surface area (Å²) in [6.07, 6.45) is 0. The number of carbonyl (C=O) groups is 1. The second-order valence-electron chi connectivity index (χ2n) is 3.70. The third kappa shape index (κ3) is 3.69. The molecule has 0 amide bonds. The number of hydrogen-bond acceptors (Lipinski definition) is 7. The molecule has 0 radical (unpaired) electrons. The van der Waals surface area contributed by atoms with Gasteiger partial charge in [0.2, 0.25) is 11.9 Å². The zero-order valence-electron chi connectivity index (χ0n) is 10.0. The molecule has 2 aromatic rings. The van der Waals surface area contributed by atoms with Gasteiger partial charge in [0.1, 0.15) is 0 Å². The highest BCUT2D eigenvalue weighted by Crippen LogP contribution is 2.19. The molecule has 0 unspecified atom stereocenters. The SMILES string of the molecule is Nc1nc(N)nc(COC(=O)c2cc(Cl)cc(Cl)c2)n1. The number of halogens is 2. The fraction of sp³-hybridized carbons (Fsp3) is 0.0909. The monoisotopic (exact) mass is 313 g/mol. The van der Waals surface area contributed by atoms with Crippen LogP contribution in [0, 0.1) is 0 Å². The molecule has 1 heterocycles. The van der Waals surface area contributed by atoms with Gasteiger partial charge in [-0.15, -0.1) is 0 Å². The van der Waals surface area contributed by atoms with E-state index in [9.17, 15) is 4.79 Å². The predicted octanol–water partition coefficient (Wildman–Crippen LogP) is 1.70. The average Bonchev–Trinajstić information content (AvgIpc) is 2.33. The number of nitrogens with two attached hydrogens (primary N) is 2. The summed E-state index contributed by atoms with van der Waals surface area (Å²) in [7, 11) is 0. The van der Waals surface area contributed by atoms with Crippen LogP contribution in [0.3, 0.4) is 0 Å². The Hall–Kier alpha value is -2.12. The number of hydrogen-bond donors (Lipinski definition) is 2. The van der Waals surface area contributed by atoms with Gasteiger partial charge in [-0.25, -0.2) is 4.79 Å². The Bertz CT molecular complexity index is 625. The Kier molecular flexibility index (Phi) is 4.21. The smallest absolute Gasteiger partial charge is 0.338 e. The van der Waals surface area contributed by atoms with Gasteiger partial charge >= 0.3 is 5.97 Å². The lowest BCUT2D eigenvalue weighted by atomic mass is 10.2. The standard InChI is InChI=1S/C11H9Cl2N5O2/c12-6-1-5(2-7(13)3-6)9(19)20-4-8-16-10(14)18-11(15)17-8/h1-3H,4H2,(H4,14,15,16,17,18). The maximum absolute atomic E-state index is 11.8. The quantitative estimate of drug-likeness (QED) is 0.828. The molecule has 0 saturated heterocycles. The Morgan fingerprint density at radius 2 is 1.60 bits per heavy atom. The second kappa shape index (κ2) is 5.89. The van der Waals surface area contributed by atoms with E-state index >= 15 is 0 Å². The Morgan fingerprint density at radius 3 is 2.15 bits per heavy atom. The summed E-state index contributed by atoms with van der Waals surface area (Å²) in [6.45, 7) is -0.195. The molecular weight excluding hydrogens is 305 g/mol. The third-order valence-electron chi connectivity index (χ3n) is 2.15. The van der Waals surface area contributed by atoms with Crippen LogP contribution in [0.2, 0.25) is 10.0 Å². The van der Waals surface area contributed by atoms with Gasteiger partial charge in [0.25, 0.3) is 0 Å². The number of benzene rings is 1. The Morgan fingerprint density at radius 1 is 1.05 bits per heavy atom.